The van der Waals surface area contributed by atoms with Crippen molar-refractivity contribution in [3.05, 3.63) is 59.4 Å². The molecule has 0 aliphatic rings. The van der Waals surface area contributed by atoms with E-state index in [2.05, 4.69) is 36.3 Å². The largest absolute Gasteiger partial charge is 0.494 e. The Kier molecular flexibility index (Phi) is 5.56. The molecular formula is C17H22N2O. The third-order valence-corrected chi connectivity index (χ3v) is 3.19. The summed E-state index contributed by atoms with van der Waals surface area (Å²) in [5.41, 5.74) is 3.78. The average Bonchev–Trinajstić information content (AvgIpc) is 2.48. The van der Waals surface area contributed by atoms with Gasteiger partial charge in [-0.25, -0.2) is 0 Å². The minimum Gasteiger partial charge on any atom is -0.494 e. The van der Waals surface area contributed by atoms with Gasteiger partial charge < -0.3 is 10.1 Å². The Morgan fingerprint density at radius 1 is 1.10 bits per heavy atom. The molecule has 1 aromatic carbocycles. The monoisotopic (exact) mass is 270 g/mol. The van der Waals surface area contributed by atoms with E-state index in [4.69, 9.17) is 4.74 Å². The van der Waals surface area contributed by atoms with Gasteiger partial charge in [0, 0.05) is 25.5 Å². The van der Waals surface area contributed by atoms with Gasteiger partial charge in [0.2, 0.25) is 0 Å². The number of aryl methyl sites for hydroxylation is 1. The number of nitrogens with zero attached hydrogens (tertiary/aromatic N) is 1. The van der Waals surface area contributed by atoms with Crippen molar-refractivity contribution in [1.29, 1.82) is 0 Å². The van der Waals surface area contributed by atoms with Crippen molar-refractivity contribution in [3.63, 3.8) is 0 Å². The van der Waals surface area contributed by atoms with E-state index in [1.807, 2.05) is 30.6 Å². The third-order valence-electron chi connectivity index (χ3n) is 3.19. The van der Waals surface area contributed by atoms with Crippen molar-refractivity contribution in [2.24, 2.45) is 0 Å². The standard InChI is InChI=1S/C17H22N2O/c1-3-10-20-17-6-4-15(5-7-17)11-19-13-16-12-18-9-8-14(16)2/h4-9,12,19H,3,10-11,13H2,1-2H3. The molecule has 0 saturated carbocycles. The second-order valence-corrected chi connectivity index (χ2v) is 4.90. The molecule has 2 aromatic rings. The number of rotatable bonds is 7. The highest BCUT2D eigenvalue weighted by atomic mass is 16.5. The fraction of sp³-hybridized carbons (Fsp3) is 0.353. The molecule has 0 bridgehead atoms. The van der Waals surface area contributed by atoms with Gasteiger partial charge in [-0.05, 0) is 48.2 Å². The predicted octanol–water partition coefficient (Wildman–Crippen LogP) is 3.47. The van der Waals surface area contributed by atoms with Crippen LogP contribution in [0.4, 0.5) is 0 Å². The third kappa shape index (κ3) is 4.35. The molecule has 3 nitrogen and oxygen atoms in total. The topological polar surface area (TPSA) is 34.1 Å². The van der Waals surface area contributed by atoms with E-state index in [0.29, 0.717) is 0 Å². The lowest BCUT2D eigenvalue weighted by Gasteiger charge is -2.08. The molecular weight excluding hydrogens is 248 g/mol. The molecule has 2 rings (SSSR count). The normalized spacial score (nSPS) is 10.5. The summed E-state index contributed by atoms with van der Waals surface area (Å²) in [5, 5.41) is 3.44. The van der Waals surface area contributed by atoms with Crippen LogP contribution < -0.4 is 10.1 Å². The number of pyridine rings is 1. The van der Waals surface area contributed by atoms with Crippen LogP contribution in [-0.4, -0.2) is 11.6 Å². The Morgan fingerprint density at radius 3 is 2.60 bits per heavy atom. The molecule has 0 aliphatic heterocycles. The van der Waals surface area contributed by atoms with Gasteiger partial charge in [0.05, 0.1) is 6.61 Å². The summed E-state index contributed by atoms with van der Waals surface area (Å²) in [6.45, 7) is 6.69. The smallest absolute Gasteiger partial charge is 0.119 e. The van der Waals surface area contributed by atoms with Crippen molar-refractivity contribution < 1.29 is 4.74 Å². The minimum absolute atomic E-state index is 0.776. The molecule has 0 aliphatic carbocycles. The van der Waals surface area contributed by atoms with Gasteiger partial charge in [-0.15, -0.1) is 0 Å². The van der Waals surface area contributed by atoms with E-state index >= 15 is 0 Å². The first kappa shape index (κ1) is 14.5. The summed E-state index contributed by atoms with van der Waals surface area (Å²) in [6, 6.07) is 10.3. The molecule has 0 spiro atoms. The van der Waals surface area contributed by atoms with Crippen molar-refractivity contribution in [3.8, 4) is 5.75 Å². The first-order chi connectivity index (χ1) is 9.79. The van der Waals surface area contributed by atoms with Crippen LogP contribution in [0.1, 0.15) is 30.0 Å². The number of hydrogen-bond donors (Lipinski definition) is 1. The number of benzene rings is 1. The fourth-order valence-electron chi connectivity index (χ4n) is 1.95. The lowest BCUT2D eigenvalue weighted by atomic mass is 10.1. The maximum atomic E-state index is 5.57. The summed E-state index contributed by atoms with van der Waals surface area (Å²) in [7, 11) is 0. The quantitative estimate of drug-likeness (QED) is 0.836. The van der Waals surface area contributed by atoms with E-state index in [1.54, 1.807) is 0 Å². The minimum atomic E-state index is 0.776. The molecule has 106 valence electrons. The number of hydrogen-bond acceptors (Lipinski definition) is 3. The maximum absolute atomic E-state index is 5.57. The molecule has 1 N–H and O–H groups in total. The number of nitrogens with one attached hydrogen (secondary N) is 1. The van der Waals surface area contributed by atoms with E-state index in [1.165, 1.54) is 16.7 Å². The Balaban J connectivity index is 1.81. The van der Waals surface area contributed by atoms with Gasteiger partial charge in [-0.2, -0.15) is 0 Å². The zero-order valence-corrected chi connectivity index (χ0v) is 12.2. The zero-order valence-electron chi connectivity index (χ0n) is 12.2. The van der Waals surface area contributed by atoms with E-state index < -0.39 is 0 Å². The molecule has 0 fully saturated rings. The van der Waals surface area contributed by atoms with Gasteiger partial charge >= 0.3 is 0 Å². The molecule has 0 saturated heterocycles. The summed E-state index contributed by atoms with van der Waals surface area (Å²) in [6.07, 6.45) is 4.78. The fourth-order valence-corrected chi connectivity index (χ4v) is 1.95. The molecule has 0 amide bonds. The highest BCUT2D eigenvalue weighted by Crippen LogP contribution is 2.12. The first-order valence-corrected chi connectivity index (χ1v) is 7.11. The van der Waals surface area contributed by atoms with E-state index in [-0.39, 0.29) is 0 Å². The highest BCUT2D eigenvalue weighted by Gasteiger charge is 1.98. The van der Waals surface area contributed by atoms with Crippen LogP contribution in [-0.2, 0) is 13.1 Å². The lowest BCUT2D eigenvalue weighted by Crippen LogP contribution is -2.13. The van der Waals surface area contributed by atoms with Crippen LogP contribution in [0, 0.1) is 6.92 Å². The van der Waals surface area contributed by atoms with E-state index in [9.17, 15) is 0 Å². The van der Waals surface area contributed by atoms with Gasteiger partial charge in [0.25, 0.3) is 0 Å². The second kappa shape index (κ2) is 7.65. The molecule has 3 heteroatoms. The maximum Gasteiger partial charge on any atom is 0.119 e. The number of ether oxygens (including phenoxy) is 1. The molecule has 20 heavy (non-hydrogen) atoms. The van der Waals surface area contributed by atoms with Crippen LogP contribution in [0.15, 0.2) is 42.7 Å². The first-order valence-electron chi connectivity index (χ1n) is 7.11. The summed E-state index contributed by atoms with van der Waals surface area (Å²) < 4.78 is 5.57. The number of aromatic nitrogens is 1. The van der Waals surface area contributed by atoms with Crippen molar-refractivity contribution >= 4 is 0 Å². The van der Waals surface area contributed by atoms with Gasteiger partial charge in [0.1, 0.15) is 5.75 Å². The van der Waals surface area contributed by atoms with Crippen LogP contribution in [0.25, 0.3) is 0 Å². The summed E-state index contributed by atoms with van der Waals surface area (Å²) in [5.74, 6) is 0.943. The zero-order chi connectivity index (χ0) is 14.2. The van der Waals surface area contributed by atoms with Crippen LogP contribution >= 0.6 is 0 Å². The predicted molar refractivity (Wildman–Crippen MR) is 81.7 cm³/mol. The molecule has 1 heterocycles. The molecule has 0 unspecified atom stereocenters. The van der Waals surface area contributed by atoms with Crippen molar-refractivity contribution in [1.82, 2.24) is 10.3 Å². The SMILES string of the molecule is CCCOc1ccc(CNCc2cnccc2C)cc1. The summed E-state index contributed by atoms with van der Waals surface area (Å²) in [4.78, 5) is 4.15. The highest BCUT2D eigenvalue weighted by molar-refractivity contribution is 5.27. The van der Waals surface area contributed by atoms with Crippen LogP contribution in [0.2, 0.25) is 0 Å². The Morgan fingerprint density at radius 2 is 1.90 bits per heavy atom. The lowest BCUT2D eigenvalue weighted by molar-refractivity contribution is 0.317. The van der Waals surface area contributed by atoms with Gasteiger partial charge in [-0.3, -0.25) is 4.98 Å². The van der Waals surface area contributed by atoms with Crippen LogP contribution in [0.3, 0.4) is 0 Å². The second-order valence-electron chi connectivity index (χ2n) is 4.90. The molecule has 0 atom stereocenters. The Hall–Kier alpha value is -1.87. The Bertz CT molecular complexity index is 523. The Labute approximate surface area is 121 Å². The van der Waals surface area contributed by atoms with Crippen molar-refractivity contribution in [2.45, 2.75) is 33.4 Å². The average molecular weight is 270 g/mol. The summed E-state index contributed by atoms with van der Waals surface area (Å²) >= 11 is 0. The van der Waals surface area contributed by atoms with E-state index in [0.717, 1.165) is 31.9 Å². The molecule has 1 aromatic heterocycles. The van der Waals surface area contributed by atoms with Crippen LogP contribution in [0.5, 0.6) is 5.75 Å². The molecule has 0 radical (unpaired) electrons. The van der Waals surface area contributed by atoms with Crippen molar-refractivity contribution in [2.75, 3.05) is 6.61 Å². The van der Waals surface area contributed by atoms with Gasteiger partial charge in [-0.1, -0.05) is 19.1 Å². The van der Waals surface area contributed by atoms with Gasteiger partial charge in [0.15, 0.2) is 0 Å².